The Bertz CT molecular complexity index is 274. The fourth-order valence-corrected chi connectivity index (χ4v) is 0.856. The molecule has 0 N–H and O–H groups in total. The van der Waals surface area contributed by atoms with E-state index in [1.165, 1.54) is 5.56 Å². The van der Waals surface area contributed by atoms with Crippen LogP contribution in [-0.4, -0.2) is 5.16 Å². The number of nitrogens with zero attached hydrogens (tertiary/aromatic N) is 1. The Balaban J connectivity index is 3.06. The van der Waals surface area contributed by atoms with E-state index in [-0.39, 0.29) is 0 Å². The van der Waals surface area contributed by atoms with Crippen molar-refractivity contribution in [1.82, 2.24) is 0 Å². The molecular formula is C8H7NS. The quantitative estimate of drug-likeness (QED) is 0.441. The lowest BCUT2D eigenvalue weighted by atomic mass is 10.2. The zero-order valence-corrected chi connectivity index (χ0v) is 6.48. The van der Waals surface area contributed by atoms with E-state index in [9.17, 15) is 0 Å². The third-order valence-electron chi connectivity index (χ3n) is 1.18. The first kappa shape index (κ1) is 7.13. The average molecular weight is 149 g/mol. The molecule has 0 unspecified atom stereocenters. The molecule has 1 rings (SSSR count). The Hall–Kier alpha value is -0.980. The lowest BCUT2D eigenvalue weighted by molar-refractivity contribution is 1.44. The van der Waals surface area contributed by atoms with E-state index >= 15 is 0 Å². The standard InChI is InChI=1S/C8H7NS/c1-7-3-2-4-8(5-7)9-6-10/h2-5H,1H3. The summed E-state index contributed by atoms with van der Waals surface area (Å²) in [6.45, 7) is 2.02. The number of isothiocyanates is 1. The van der Waals surface area contributed by atoms with Crippen LogP contribution in [0.3, 0.4) is 0 Å². The van der Waals surface area contributed by atoms with E-state index in [4.69, 9.17) is 0 Å². The Morgan fingerprint density at radius 1 is 1.50 bits per heavy atom. The van der Waals surface area contributed by atoms with Crippen molar-refractivity contribution >= 4 is 23.1 Å². The summed E-state index contributed by atoms with van der Waals surface area (Å²) < 4.78 is 0. The fraction of sp³-hybridized carbons (Fsp3) is 0.125. The lowest BCUT2D eigenvalue weighted by Gasteiger charge is -1.90. The van der Waals surface area contributed by atoms with Crippen molar-refractivity contribution in [2.24, 2.45) is 4.99 Å². The number of rotatable bonds is 1. The highest BCUT2D eigenvalue weighted by Crippen LogP contribution is 2.11. The molecule has 1 nitrogen and oxygen atoms in total. The predicted octanol–water partition coefficient (Wildman–Crippen LogP) is 2.73. The smallest absolute Gasteiger partial charge is 0.0742 e. The van der Waals surface area contributed by atoms with Gasteiger partial charge in [-0.2, -0.15) is 4.99 Å². The zero-order valence-electron chi connectivity index (χ0n) is 5.66. The largest absolute Gasteiger partial charge is 0.195 e. The highest BCUT2D eigenvalue weighted by molar-refractivity contribution is 7.78. The maximum atomic E-state index is 4.46. The van der Waals surface area contributed by atoms with E-state index in [1.54, 1.807) is 0 Å². The monoisotopic (exact) mass is 149 g/mol. The van der Waals surface area contributed by atoms with Gasteiger partial charge in [0, 0.05) is 0 Å². The number of hydrogen-bond acceptors (Lipinski definition) is 2. The van der Waals surface area contributed by atoms with Gasteiger partial charge in [-0.25, -0.2) is 0 Å². The van der Waals surface area contributed by atoms with Crippen LogP contribution in [0.1, 0.15) is 5.56 Å². The van der Waals surface area contributed by atoms with Crippen molar-refractivity contribution in [2.75, 3.05) is 0 Å². The maximum absolute atomic E-state index is 4.46. The van der Waals surface area contributed by atoms with Crippen molar-refractivity contribution in [3.8, 4) is 0 Å². The van der Waals surface area contributed by atoms with Crippen LogP contribution in [0.25, 0.3) is 0 Å². The predicted molar refractivity (Wildman–Crippen MR) is 45.9 cm³/mol. The molecule has 0 aliphatic carbocycles. The van der Waals surface area contributed by atoms with Crippen molar-refractivity contribution in [3.05, 3.63) is 29.8 Å². The van der Waals surface area contributed by atoms with Crippen LogP contribution in [0, 0.1) is 6.92 Å². The number of aliphatic imine (C=N–C) groups is 1. The maximum Gasteiger partial charge on any atom is 0.0742 e. The molecule has 0 spiro atoms. The van der Waals surface area contributed by atoms with Crippen LogP contribution in [0.4, 0.5) is 5.69 Å². The Kier molecular flexibility index (Phi) is 2.32. The second-order valence-electron chi connectivity index (χ2n) is 2.04. The third kappa shape index (κ3) is 1.76. The summed E-state index contributed by atoms with van der Waals surface area (Å²) in [6.07, 6.45) is 0. The van der Waals surface area contributed by atoms with Gasteiger partial charge >= 0.3 is 0 Å². The summed E-state index contributed by atoms with van der Waals surface area (Å²) in [5, 5.41) is 2.32. The minimum absolute atomic E-state index is 0.870. The molecule has 0 aromatic heterocycles. The van der Waals surface area contributed by atoms with Crippen LogP contribution >= 0.6 is 12.2 Å². The molecule has 0 amide bonds. The molecule has 0 fully saturated rings. The summed E-state index contributed by atoms with van der Waals surface area (Å²) >= 11 is 4.46. The van der Waals surface area contributed by atoms with Gasteiger partial charge in [0.25, 0.3) is 0 Å². The summed E-state index contributed by atoms with van der Waals surface area (Å²) in [5.74, 6) is 0. The third-order valence-corrected chi connectivity index (χ3v) is 1.27. The molecule has 0 atom stereocenters. The molecule has 1 aromatic carbocycles. The highest BCUT2D eigenvalue weighted by atomic mass is 32.1. The van der Waals surface area contributed by atoms with Crippen LogP contribution in [-0.2, 0) is 0 Å². The Morgan fingerprint density at radius 2 is 2.30 bits per heavy atom. The van der Waals surface area contributed by atoms with E-state index < -0.39 is 0 Å². The van der Waals surface area contributed by atoms with Gasteiger partial charge in [-0.05, 0) is 36.8 Å². The second-order valence-corrected chi connectivity index (χ2v) is 2.22. The van der Waals surface area contributed by atoms with Gasteiger partial charge in [0.1, 0.15) is 0 Å². The van der Waals surface area contributed by atoms with Gasteiger partial charge in [0.15, 0.2) is 0 Å². The van der Waals surface area contributed by atoms with Gasteiger partial charge in [-0.3, -0.25) is 0 Å². The number of thiocarbonyl (C=S) groups is 1. The number of aryl methyl sites for hydroxylation is 1. The number of hydrogen-bond donors (Lipinski definition) is 0. The summed E-state index contributed by atoms with van der Waals surface area (Å²) in [7, 11) is 0. The van der Waals surface area contributed by atoms with Gasteiger partial charge in [-0.15, -0.1) is 0 Å². The van der Waals surface area contributed by atoms with E-state index in [0.717, 1.165) is 5.69 Å². The van der Waals surface area contributed by atoms with E-state index in [0.29, 0.717) is 0 Å². The lowest BCUT2D eigenvalue weighted by Crippen LogP contribution is -1.67. The zero-order chi connectivity index (χ0) is 7.40. The molecule has 2 heteroatoms. The first-order chi connectivity index (χ1) is 4.83. The van der Waals surface area contributed by atoms with Crippen molar-refractivity contribution in [3.63, 3.8) is 0 Å². The normalized spacial score (nSPS) is 8.50. The molecule has 0 saturated carbocycles. The van der Waals surface area contributed by atoms with Crippen molar-refractivity contribution in [1.29, 1.82) is 0 Å². The topological polar surface area (TPSA) is 12.4 Å². The molecule has 0 bridgehead atoms. The Labute approximate surface area is 65.4 Å². The summed E-state index contributed by atoms with van der Waals surface area (Å²) in [4.78, 5) is 3.83. The van der Waals surface area contributed by atoms with Crippen LogP contribution in [0.5, 0.6) is 0 Å². The average Bonchev–Trinajstić information content (AvgIpc) is 1.88. The fourth-order valence-electron chi connectivity index (χ4n) is 0.750. The first-order valence-corrected chi connectivity index (χ1v) is 3.38. The van der Waals surface area contributed by atoms with Crippen molar-refractivity contribution < 1.29 is 0 Å². The minimum atomic E-state index is 0.870. The minimum Gasteiger partial charge on any atom is -0.195 e. The van der Waals surface area contributed by atoms with E-state index in [2.05, 4.69) is 22.4 Å². The van der Waals surface area contributed by atoms with Gasteiger partial charge in [0.05, 0.1) is 10.8 Å². The molecule has 0 aliphatic heterocycles. The SMILES string of the molecule is Cc1cccc(N=C=S)c1. The first-order valence-electron chi connectivity index (χ1n) is 2.97. The van der Waals surface area contributed by atoms with Gasteiger partial charge in [0.2, 0.25) is 0 Å². The van der Waals surface area contributed by atoms with Crippen LogP contribution in [0.15, 0.2) is 29.3 Å². The van der Waals surface area contributed by atoms with Crippen molar-refractivity contribution in [2.45, 2.75) is 6.92 Å². The highest BCUT2D eigenvalue weighted by Gasteiger charge is 1.85. The summed E-state index contributed by atoms with van der Waals surface area (Å²) in [6, 6.07) is 7.81. The molecule has 1 aromatic rings. The van der Waals surface area contributed by atoms with Crippen LogP contribution in [0.2, 0.25) is 0 Å². The van der Waals surface area contributed by atoms with Gasteiger partial charge < -0.3 is 0 Å². The molecule has 50 valence electrons. The molecule has 0 aliphatic rings. The van der Waals surface area contributed by atoms with E-state index in [1.807, 2.05) is 31.2 Å². The molecule has 10 heavy (non-hydrogen) atoms. The molecule has 0 heterocycles. The summed E-state index contributed by atoms with van der Waals surface area (Å²) in [5.41, 5.74) is 2.06. The molecule has 0 radical (unpaired) electrons. The molecular weight excluding hydrogens is 142 g/mol. The second kappa shape index (κ2) is 3.25. The number of benzene rings is 1. The van der Waals surface area contributed by atoms with Crippen LogP contribution < -0.4 is 0 Å². The molecule has 0 saturated heterocycles. The van der Waals surface area contributed by atoms with Gasteiger partial charge in [-0.1, -0.05) is 12.1 Å². The Morgan fingerprint density at radius 3 is 2.90 bits per heavy atom.